The highest BCUT2D eigenvalue weighted by atomic mass is 16.3. The maximum atomic E-state index is 12.6. The first kappa shape index (κ1) is 66.0. The second-order valence-electron chi connectivity index (χ2n) is 21.4. The minimum Gasteiger partial charge on any atom is -0.394 e. The van der Waals surface area contributed by atoms with Gasteiger partial charge >= 0.3 is 0 Å². The summed E-state index contributed by atoms with van der Waals surface area (Å²) in [6.07, 6.45) is 67.5. The normalized spacial score (nSPS) is 13.7. The van der Waals surface area contributed by atoms with Gasteiger partial charge in [-0.15, -0.1) is 0 Å². The fourth-order valence-electron chi connectivity index (χ4n) is 9.93. The molecular formula is C61H121NO5. The molecule has 0 bridgehead atoms. The third-order valence-electron chi connectivity index (χ3n) is 14.7. The number of amides is 1. The second kappa shape index (κ2) is 56.0. The van der Waals surface area contributed by atoms with Gasteiger partial charge in [0.25, 0.3) is 0 Å². The molecule has 0 aliphatic rings. The van der Waals surface area contributed by atoms with Crippen molar-refractivity contribution in [2.24, 2.45) is 0 Å². The van der Waals surface area contributed by atoms with Crippen molar-refractivity contribution in [3.8, 4) is 0 Å². The van der Waals surface area contributed by atoms with Gasteiger partial charge in [-0.1, -0.05) is 315 Å². The molecule has 0 spiro atoms. The van der Waals surface area contributed by atoms with Crippen LogP contribution in [0.3, 0.4) is 0 Å². The van der Waals surface area contributed by atoms with E-state index < -0.39 is 36.9 Å². The molecule has 0 saturated carbocycles. The summed E-state index contributed by atoms with van der Waals surface area (Å²) >= 11 is 0. The van der Waals surface area contributed by atoms with Crippen LogP contribution in [0.2, 0.25) is 0 Å². The van der Waals surface area contributed by atoms with E-state index in [9.17, 15) is 25.2 Å². The highest BCUT2D eigenvalue weighted by Crippen LogP contribution is 2.19. The molecule has 0 fully saturated rings. The Bertz CT molecular complexity index is 975. The van der Waals surface area contributed by atoms with Crippen LogP contribution in [0, 0.1) is 0 Å². The molecule has 4 atom stereocenters. The predicted octanol–water partition coefficient (Wildman–Crippen LogP) is 18.0. The van der Waals surface area contributed by atoms with Crippen LogP contribution in [0.5, 0.6) is 0 Å². The highest BCUT2D eigenvalue weighted by Gasteiger charge is 2.28. The lowest BCUT2D eigenvalue weighted by atomic mass is 9.99. The van der Waals surface area contributed by atoms with Crippen molar-refractivity contribution in [2.45, 2.75) is 366 Å². The van der Waals surface area contributed by atoms with Crippen molar-refractivity contribution in [1.29, 1.82) is 0 Å². The van der Waals surface area contributed by atoms with Crippen LogP contribution in [0.25, 0.3) is 0 Å². The van der Waals surface area contributed by atoms with Gasteiger partial charge in [0, 0.05) is 0 Å². The number of rotatable bonds is 57. The van der Waals surface area contributed by atoms with Crippen molar-refractivity contribution in [1.82, 2.24) is 5.32 Å². The van der Waals surface area contributed by atoms with E-state index in [0.717, 1.165) is 38.5 Å². The van der Waals surface area contributed by atoms with Gasteiger partial charge in [0.2, 0.25) is 5.91 Å². The molecule has 0 heterocycles. The van der Waals surface area contributed by atoms with E-state index >= 15 is 0 Å². The van der Waals surface area contributed by atoms with E-state index in [0.29, 0.717) is 12.8 Å². The van der Waals surface area contributed by atoms with Crippen molar-refractivity contribution in [3.05, 3.63) is 12.2 Å². The highest BCUT2D eigenvalue weighted by molar-refractivity contribution is 5.80. The standard InChI is InChI=1S/C61H121NO5/c1-3-5-7-9-11-13-15-17-18-19-20-21-22-23-24-25-26-27-28-29-30-31-32-33-34-35-36-37-38-39-40-41-43-45-47-49-51-53-55-59(65)61(67)62-57(56-63)60(66)58(64)54-52-50-48-46-44-42-16-14-12-10-8-6-4-2/h29-30,57-60,63-66H,3-28,31-56H2,1-2H3,(H,62,67)/b30-29-. The van der Waals surface area contributed by atoms with Gasteiger partial charge in [0.1, 0.15) is 12.2 Å². The number of aliphatic hydroxyl groups excluding tert-OH is 4. The summed E-state index contributed by atoms with van der Waals surface area (Å²) in [6.45, 7) is 4.08. The summed E-state index contributed by atoms with van der Waals surface area (Å²) in [5, 5.41) is 43.9. The van der Waals surface area contributed by atoms with Crippen LogP contribution in [-0.2, 0) is 4.79 Å². The Morgan fingerprint density at radius 1 is 0.358 bits per heavy atom. The first-order chi connectivity index (χ1) is 33.0. The quantitative estimate of drug-likeness (QED) is 0.0308. The molecule has 0 aromatic heterocycles. The molecule has 0 rings (SSSR count). The fourth-order valence-corrected chi connectivity index (χ4v) is 9.93. The maximum absolute atomic E-state index is 12.6. The molecule has 0 aliphatic carbocycles. The summed E-state index contributed by atoms with van der Waals surface area (Å²) in [5.74, 6) is -0.578. The van der Waals surface area contributed by atoms with E-state index in [2.05, 4.69) is 31.3 Å². The van der Waals surface area contributed by atoms with Crippen LogP contribution in [0.15, 0.2) is 12.2 Å². The molecule has 0 aliphatic heterocycles. The van der Waals surface area contributed by atoms with Crippen molar-refractivity contribution < 1.29 is 25.2 Å². The van der Waals surface area contributed by atoms with E-state index in [4.69, 9.17) is 0 Å². The average Bonchev–Trinajstić information content (AvgIpc) is 3.33. The number of hydrogen-bond acceptors (Lipinski definition) is 5. The predicted molar refractivity (Wildman–Crippen MR) is 293 cm³/mol. The summed E-state index contributed by atoms with van der Waals surface area (Å²) < 4.78 is 0. The summed E-state index contributed by atoms with van der Waals surface area (Å²) in [7, 11) is 0. The molecule has 0 aromatic carbocycles. The lowest BCUT2D eigenvalue weighted by Gasteiger charge is -2.27. The molecule has 1 amide bonds. The zero-order valence-corrected chi connectivity index (χ0v) is 45.4. The lowest BCUT2D eigenvalue weighted by molar-refractivity contribution is -0.132. The molecule has 6 heteroatoms. The zero-order chi connectivity index (χ0) is 48.8. The first-order valence-electron chi connectivity index (χ1n) is 30.6. The van der Waals surface area contributed by atoms with Crippen molar-refractivity contribution in [2.75, 3.05) is 6.61 Å². The number of allylic oxidation sites excluding steroid dienone is 2. The minimum absolute atomic E-state index is 0.374. The van der Waals surface area contributed by atoms with Crippen LogP contribution in [0.1, 0.15) is 341 Å². The van der Waals surface area contributed by atoms with Gasteiger partial charge in [-0.3, -0.25) is 4.79 Å². The smallest absolute Gasteiger partial charge is 0.249 e. The fraction of sp³-hybridized carbons (Fsp3) is 0.951. The minimum atomic E-state index is -1.26. The summed E-state index contributed by atoms with van der Waals surface area (Å²) in [5.41, 5.74) is 0. The monoisotopic (exact) mass is 948 g/mol. The van der Waals surface area contributed by atoms with Crippen LogP contribution >= 0.6 is 0 Å². The Morgan fingerprint density at radius 3 is 0.866 bits per heavy atom. The van der Waals surface area contributed by atoms with Gasteiger partial charge in [-0.25, -0.2) is 0 Å². The molecule has 5 N–H and O–H groups in total. The number of unbranched alkanes of at least 4 members (excludes halogenated alkanes) is 46. The maximum Gasteiger partial charge on any atom is 0.249 e. The van der Waals surface area contributed by atoms with Crippen molar-refractivity contribution in [3.63, 3.8) is 0 Å². The van der Waals surface area contributed by atoms with Crippen LogP contribution in [0.4, 0.5) is 0 Å². The number of carbonyl (C=O) groups is 1. The molecule has 400 valence electrons. The number of hydrogen-bond donors (Lipinski definition) is 5. The third kappa shape index (κ3) is 49.8. The average molecular weight is 949 g/mol. The topological polar surface area (TPSA) is 110 Å². The van der Waals surface area contributed by atoms with E-state index in [-0.39, 0.29) is 0 Å². The SMILES string of the molecule is CCCCCCCCCCCCCCCCCCCC/C=C\CCCCCCCCCCCCCCCCCCC(O)C(=O)NC(CO)C(O)C(O)CCCCCCCCCCCCCCC. The molecule has 0 saturated heterocycles. The number of aliphatic hydroxyl groups is 4. The van der Waals surface area contributed by atoms with Gasteiger partial charge in [-0.05, 0) is 38.5 Å². The Hall–Kier alpha value is -0.950. The van der Waals surface area contributed by atoms with Gasteiger partial charge in [0.05, 0.1) is 18.8 Å². The van der Waals surface area contributed by atoms with E-state index in [1.165, 1.54) is 276 Å². The molecule has 6 nitrogen and oxygen atoms in total. The van der Waals surface area contributed by atoms with E-state index in [1.807, 2.05) is 0 Å². The van der Waals surface area contributed by atoms with Gasteiger partial charge in [0.15, 0.2) is 0 Å². The lowest BCUT2D eigenvalue weighted by Crippen LogP contribution is -2.53. The summed E-state index contributed by atoms with van der Waals surface area (Å²) in [6, 6.07) is -0.982. The largest absolute Gasteiger partial charge is 0.394 e. The van der Waals surface area contributed by atoms with Crippen molar-refractivity contribution >= 4 is 5.91 Å². The molecular weight excluding hydrogens is 827 g/mol. The molecule has 0 radical (unpaired) electrons. The Morgan fingerprint density at radius 2 is 0.597 bits per heavy atom. The van der Waals surface area contributed by atoms with Crippen LogP contribution < -0.4 is 5.32 Å². The van der Waals surface area contributed by atoms with Crippen LogP contribution in [-0.4, -0.2) is 57.3 Å². The summed E-state index contributed by atoms with van der Waals surface area (Å²) in [4.78, 5) is 12.6. The molecule has 67 heavy (non-hydrogen) atoms. The Labute approximate surface area is 419 Å². The van der Waals surface area contributed by atoms with Gasteiger partial charge < -0.3 is 25.7 Å². The van der Waals surface area contributed by atoms with E-state index in [1.54, 1.807) is 0 Å². The second-order valence-corrected chi connectivity index (χ2v) is 21.4. The third-order valence-corrected chi connectivity index (χ3v) is 14.7. The van der Waals surface area contributed by atoms with Gasteiger partial charge in [-0.2, -0.15) is 0 Å². The number of carbonyl (C=O) groups excluding carboxylic acids is 1. The molecule has 4 unspecified atom stereocenters. The Kier molecular flexibility index (Phi) is 55.2. The first-order valence-corrected chi connectivity index (χ1v) is 30.6. The zero-order valence-electron chi connectivity index (χ0n) is 45.4. The molecule has 0 aromatic rings. The Balaban J connectivity index is 3.48. The number of nitrogens with one attached hydrogen (secondary N) is 1.